The topological polar surface area (TPSA) is 102 Å². The maximum absolute atomic E-state index is 13.1. The van der Waals surface area contributed by atoms with E-state index in [4.69, 9.17) is 0 Å². The van der Waals surface area contributed by atoms with Crippen molar-refractivity contribution in [2.24, 2.45) is 9.98 Å². The van der Waals surface area contributed by atoms with Gasteiger partial charge in [-0.1, -0.05) is 0 Å². The number of nitrogens with zero attached hydrogens (tertiary/aromatic N) is 8. The third-order valence-corrected chi connectivity index (χ3v) is 6.48. The molecule has 0 saturated carbocycles. The summed E-state index contributed by atoms with van der Waals surface area (Å²) in [6, 6.07) is 1.50. The largest absolute Gasteiger partial charge is 0.259 e. The van der Waals surface area contributed by atoms with Crippen molar-refractivity contribution < 1.29 is 4.39 Å². The van der Waals surface area contributed by atoms with Gasteiger partial charge in [-0.25, -0.2) is 4.39 Å². The Balaban J connectivity index is 0.000000121. The van der Waals surface area contributed by atoms with Gasteiger partial charge in [-0.2, -0.15) is 17.5 Å². The summed E-state index contributed by atoms with van der Waals surface area (Å²) in [6.07, 6.45) is 3.68. The van der Waals surface area contributed by atoms with Gasteiger partial charge in [0.2, 0.25) is 0 Å². The Kier molecular flexibility index (Phi) is 6.94. The van der Waals surface area contributed by atoms with Gasteiger partial charge in [0.15, 0.2) is 0 Å². The lowest BCUT2D eigenvalue weighted by Gasteiger charge is -1.98. The van der Waals surface area contributed by atoms with E-state index in [1.165, 1.54) is 17.8 Å². The molecule has 1 aromatic carbocycles. The zero-order valence-electron chi connectivity index (χ0n) is 19.7. The van der Waals surface area contributed by atoms with Gasteiger partial charge in [-0.3, -0.25) is 20.0 Å². The highest BCUT2D eigenvalue weighted by Crippen LogP contribution is 2.22. The van der Waals surface area contributed by atoms with Crippen molar-refractivity contribution in [1.82, 2.24) is 27.5 Å². The standard InChI is InChI=1S/C8H7FN2S.C8H9N3.C7H7N3S/c1-4-3-6(9)5(2)8-7(4)10-12-11-8;1-5-3-9-6(2)8-7(5)10-4-11-8;1-4-3-8-5(2)7-6(4)9-11-10-7/h3H,1-2H3;3H,4H2,1-2H3;3H,1-2H3. The first-order chi connectivity index (χ1) is 16.3. The van der Waals surface area contributed by atoms with Crippen LogP contribution in [0.1, 0.15) is 33.6 Å². The first-order valence-corrected chi connectivity index (χ1v) is 12.0. The van der Waals surface area contributed by atoms with Gasteiger partial charge in [-0.15, -0.1) is 0 Å². The van der Waals surface area contributed by atoms with E-state index >= 15 is 0 Å². The van der Waals surface area contributed by atoms with E-state index < -0.39 is 0 Å². The second-order valence-electron chi connectivity index (χ2n) is 7.93. The molecule has 34 heavy (non-hydrogen) atoms. The van der Waals surface area contributed by atoms with E-state index in [0.717, 1.165) is 67.1 Å². The van der Waals surface area contributed by atoms with Crippen LogP contribution in [-0.4, -0.2) is 34.1 Å². The van der Waals surface area contributed by atoms with Crippen LogP contribution in [0.5, 0.6) is 0 Å². The maximum atomic E-state index is 13.1. The predicted molar refractivity (Wildman–Crippen MR) is 132 cm³/mol. The maximum Gasteiger partial charge on any atom is 0.131 e. The SMILES string of the molecule is Cc1cc(F)c(C)c2nsnc12.Cc1cnc(C)c2c1=NCN=2.Cc1cnc(C)c2nsnc12. The number of aryl methyl sites for hydroxylation is 6. The summed E-state index contributed by atoms with van der Waals surface area (Å²) in [7, 11) is 0. The zero-order chi connectivity index (χ0) is 24.4. The second-order valence-corrected chi connectivity index (χ2v) is 8.99. The highest BCUT2D eigenvalue weighted by molar-refractivity contribution is 7.00. The highest BCUT2D eigenvalue weighted by atomic mass is 32.1. The molecule has 1 aliphatic heterocycles. The second kappa shape index (κ2) is 9.90. The molecule has 0 aliphatic carbocycles. The van der Waals surface area contributed by atoms with Gasteiger partial charge >= 0.3 is 0 Å². The average molecular weight is 495 g/mol. The van der Waals surface area contributed by atoms with Crippen LogP contribution in [0.25, 0.3) is 22.1 Å². The van der Waals surface area contributed by atoms with Crippen molar-refractivity contribution in [2.45, 2.75) is 41.5 Å². The van der Waals surface area contributed by atoms with E-state index in [9.17, 15) is 4.39 Å². The molecule has 11 heteroatoms. The molecule has 0 saturated heterocycles. The normalized spacial score (nSPS) is 11.7. The number of pyridine rings is 2. The van der Waals surface area contributed by atoms with Crippen molar-refractivity contribution in [3.8, 4) is 0 Å². The number of hydrogen-bond donors (Lipinski definition) is 0. The summed E-state index contributed by atoms with van der Waals surface area (Å²) in [6.45, 7) is 12.0. The Bertz CT molecular complexity index is 1550. The number of halogens is 1. The van der Waals surface area contributed by atoms with Gasteiger partial charge in [0.05, 0.1) is 40.2 Å². The van der Waals surface area contributed by atoms with Crippen molar-refractivity contribution in [3.05, 3.63) is 68.6 Å². The molecule has 0 fully saturated rings. The minimum absolute atomic E-state index is 0.201. The number of fused-ring (bicyclic) bond motifs is 3. The number of benzene rings is 1. The van der Waals surface area contributed by atoms with Crippen LogP contribution in [0.2, 0.25) is 0 Å². The molecule has 0 unspecified atom stereocenters. The zero-order valence-corrected chi connectivity index (χ0v) is 21.3. The molecule has 0 radical (unpaired) electrons. The Morgan fingerprint density at radius 1 is 0.647 bits per heavy atom. The monoisotopic (exact) mass is 494 g/mol. The lowest BCUT2D eigenvalue weighted by molar-refractivity contribution is 0.619. The molecule has 1 aliphatic rings. The van der Waals surface area contributed by atoms with Crippen LogP contribution >= 0.6 is 23.5 Å². The molecule has 5 aromatic rings. The molecule has 0 spiro atoms. The number of aromatic nitrogens is 6. The summed E-state index contributed by atoms with van der Waals surface area (Å²) in [4.78, 5) is 16.9. The smallest absolute Gasteiger partial charge is 0.131 e. The van der Waals surface area contributed by atoms with E-state index in [1.807, 2.05) is 47.0 Å². The molecule has 0 bridgehead atoms. The van der Waals surface area contributed by atoms with Crippen LogP contribution in [-0.2, 0) is 0 Å². The molecule has 0 N–H and O–H groups in total. The van der Waals surface area contributed by atoms with E-state index in [1.54, 1.807) is 6.92 Å². The summed E-state index contributed by atoms with van der Waals surface area (Å²) in [5.41, 5.74) is 9.03. The van der Waals surface area contributed by atoms with Crippen LogP contribution in [0.15, 0.2) is 28.4 Å². The van der Waals surface area contributed by atoms with Gasteiger partial charge in [0, 0.05) is 18.0 Å². The predicted octanol–water partition coefficient (Wildman–Crippen LogP) is 4.06. The average Bonchev–Trinajstić information content (AvgIpc) is 3.59. The number of hydrogen-bond acceptors (Lipinski definition) is 10. The van der Waals surface area contributed by atoms with Gasteiger partial charge in [0.1, 0.15) is 39.9 Å². The van der Waals surface area contributed by atoms with Crippen molar-refractivity contribution in [1.29, 1.82) is 0 Å². The Labute approximate surface area is 204 Å². The van der Waals surface area contributed by atoms with Crippen LogP contribution in [0.3, 0.4) is 0 Å². The summed E-state index contributed by atoms with van der Waals surface area (Å²) < 4.78 is 29.6. The van der Waals surface area contributed by atoms with Crippen LogP contribution in [0, 0.1) is 47.4 Å². The lowest BCUT2D eigenvalue weighted by atomic mass is 10.1. The molecular formula is C23H23FN8S2. The summed E-state index contributed by atoms with van der Waals surface area (Å²) >= 11 is 2.36. The first-order valence-electron chi connectivity index (χ1n) is 10.5. The van der Waals surface area contributed by atoms with Gasteiger partial charge in [-0.05, 0) is 64.3 Å². The van der Waals surface area contributed by atoms with E-state index in [-0.39, 0.29) is 5.82 Å². The number of rotatable bonds is 0. The summed E-state index contributed by atoms with van der Waals surface area (Å²) in [5.74, 6) is -0.201. The van der Waals surface area contributed by atoms with Gasteiger partial charge in [0.25, 0.3) is 0 Å². The van der Waals surface area contributed by atoms with Crippen LogP contribution in [0.4, 0.5) is 4.39 Å². The van der Waals surface area contributed by atoms with E-state index in [2.05, 4.69) is 37.4 Å². The third-order valence-electron chi connectivity index (χ3n) is 5.43. The lowest BCUT2D eigenvalue weighted by Crippen LogP contribution is -2.28. The van der Waals surface area contributed by atoms with Gasteiger partial charge < -0.3 is 0 Å². The Morgan fingerprint density at radius 2 is 1.21 bits per heavy atom. The van der Waals surface area contributed by atoms with Crippen molar-refractivity contribution >= 4 is 45.5 Å². The minimum Gasteiger partial charge on any atom is -0.259 e. The first kappa shape index (κ1) is 23.8. The molecule has 8 nitrogen and oxygen atoms in total. The van der Waals surface area contributed by atoms with Crippen molar-refractivity contribution in [3.63, 3.8) is 0 Å². The van der Waals surface area contributed by atoms with E-state index in [0.29, 0.717) is 17.7 Å². The third kappa shape index (κ3) is 4.66. The Hall–Kier alpha value is -3.31. The summed E-state index contributed by atoms with van der Waals surface area (Å²) in [5, 5.41) is 2.00. The molecule has 6 rings (SSSR count). The van der Waals surface area contributed by atoms with Crippen molar-refractivity contribution in [2.75, 3.05) is 6.67 Å². The highest BCUT2D eigenvalue weighted by Gasteiger charge is 2.09. The fourth-order valence-electron chi connectivity index (χ4n) is 3.41. The van der Waals surface area contributed by atoms with Crippen LogP contribution < -0.4 is 10.7 Å². The quantitative estimate of drug-likeness (QED) is 0.322. The molecule has 174 valence electrons. The molecule has 0 atom stereocenters. The molecule has 0 amide bonds. The minimum atomic E-state index is -0.201. The fraction of sp³-hybridized carbons (Fsp3) is 0.304. The Morgan fingerprint density at radius 3 is 1.88 bits per heavy atom. The molecule has 4 aromatic heterocycles. The molecular weight excluding hydrogens is 471 g/mol. The fourth-order valence-corrected chi connectivity index (χ4v) is 4.72. The molecule has 5 heterocycles.